The summed E-state index contributed by atoms with van der Waals surface area (Å²) in [6.07, 6.45) is 0. The highest BCUT2D eigenvalue weighted by Crippen LogP contribution is 2.59. The maximum absolute atomic E-state index is 15.3. The van der Waals surface area contributed by atoms with E-state index in [2.05, 4.69) is 72.8 Å². The lowest BCUT2D eigenvalue weighted by molar-refractivity contribution is 0.407. The van der Waals surface area contributed by atoms with Crippen LogP contribution in [0.3, 0.4) is 0 Å². The third-order valence-corrected chi connectivity index (χ3v) is 15.0. The molecule has 7 rings (SSSR count). The number of methoxy groups -OCH3 is 2. The highest BCUT2D eigenvalue weighted by atomic mass is 31.2. The fourth-order valence-electron chi connectivity index (χ4n) is 6.27. The van der Waals surface area contributed by atoms with Gasteiger partial charge in [0, 0.05) is 17.7 Å². The molecule has 6 aromatic rings. The van der Waals surface area contributed by atoms with E-state index in [1.807, 2.05) is 78.9 Å². The molecule has 1 aliphatic heterocycles. The third-order valence-electron chi connectivity index (χ3n) is 8.21. The van der Waals surface area contributed by atoms with Crippen molar-refractivity contribution in [2.24, 2.45) is 0 Å². The zero-order valence-electron chi connectivity index (χ0n) is 24.5. The van der Waals surface area contributed by atoms with E-state index in [1.54, 1.807) is 14.2 Å². The van der Waals surface area contributed by atoms with E-state index in [1.165, 1.54) is 15.9 Å². The molecule has 0 bridgehead atoms. The Morgan fingerprint density at radius 3 is 1.55 bits per heavy atom. The van der Waals surface area contributed by atoms with E-state index < -0.39 is 14.6 Å². The van der Waals surface area contributed by atoms with Gasteiger partial charge in [-0.3, -0.25) is 4.57 Å². The first-order valence-electron chi connectivity index (χ1n) is 14.4. The van der Waals surface area contributed by atoms with Crippen molar-refractivity contribution in [3.8, 4) is 28.4 Å². The summed E-state index contributed by atoms with van der Waals surface area (Å²) in [4.78, 5) is 0. The average Bonchev–Trinajstić information content (AvgIpc) is 3.10. The van der Waals surface area contributed by atoms with Crippen LogP contribution in [0.1, 0.15) is 0 Å². The molecule has 1 aliphatic rings. The Hall–Kier alpha value is -4.62. The van der Waals surface area contributed by atoms with Gasteiger partial charge in [-0.15, -0.1) is 0 Å². The van der Waals surface area contributed by atoms with Crippen LogP contribution in [0, 0.1) is 0 Å². The molecule has 1 atom stereocenters. The monoisotopic (exact) mass is 613 g/mol. The first kappa shape index (κ1) is 28.2. The minimum atomic E-state index is -3.66. The number of hydrogen-bond donors (Lipinski definition) is 0. The zero-order chi connectivity index (χ0) is 30.1. The van der Waals surface area contributed by atoms with Gasteiger partial charge in [0.2, 0.25) is 0 Å². The molecule has 0 amide bonds. The largest absolute Gasteiger partial charge is 0.496 e. The molecule has 0 saturated heterocycles. The van der Waals surface area contributed by atoms with E-state index in [4.69, 9.17) is 14.0 Å². The predicted molar refractivity (Wildman–Crippen MR) is 184 cm³/mol. The fourth-order valence-corrected chi connectivity index (χ4v) is 13.1. The standard InChI is InChI=1S/C38H31O4P2/c1-40-34-27-38(44(39)36-25-15-13-23-32(36)31-22-12-14-24-33(31)42-44)35(41-2)26-37(34)43(28-16-6-3-7-17-28,29-18-8-4-9-19-29)30-20-10-5-11-21-30/h3-27H,1-2H3/q+1. The number of fused-ring (bicyclic) bond motifs is 3. The summed E-state index contributed by atoms with van der Waals surface area (Å²) in [5.74, 6) is 1.70. The molecule has 0 saturated carbocycles. The average molecular weight is 614 g/mol. The molecule has 1 unspecified atom stereocenters. The number of hydrogen-bond acceptors (Lipinski definition) is 4. The number of ether oxygens (including phenoxy) is 2. The highest BCUT2D eigenvalue weighted by Gasteiger charge is 2.51. The summed E-state index contributed by atoms with van der Waals surface area (Å²) >= 11 is 0. The molecule has 0 N–H and O–H groups in total. The van der Waals surface area contributed by atoms with Crippen LogP contribution in [0.15, 0.2) is 152 Å². The molecule has 0 fully saturated rings. The van der Waals surface area contributed by atoms with E-state index in [-0.39, 0.29) is 0 Å². The molecule has 0 aliphatic carbocycles. The Kier molecular flexibility index (Phi) is 7.34. The van der Waals surface area contributed by atoms with Crippen molar-refractivity contribution in [3.63, 3.8) is 0 Å². The summed E-state index contributed by atoms with van der Waals surface area (Å²) in [5.41, 5.74) is 1.81. The van der Waals surface area contributed by atoms with Crippen LogP contribution in [0.4, 0.5) is 0 Å². The fraction of sp³-hybridized carbons (Fsp3) is 0.0526. The van der Waals surface area contributed by atoms with Crippen LogP contribution in [-0.4, -0.2) is 14.2 Å². The van der Waals surface area contributed by atoms with Crippen LogP contribution in [0.5, 0.6) is 17.2 Å². The van der Waals surface area contributed by atoms with Gasteiger partial charge < -0.3 is 14.0 Å². The van der Waals surface area contributed by atoms with Crippen molar-refractivity contribution in [1.82, 2.24) is 0 Å². The maximum atomic E-state index is 15.3. The molecular weight excluding hydrogens is 582 g/mol. The Morgan fingerprint density at radius 1 is 0.523 bits per heavy atom. The van der Waals surface area contributed by atoms with Gasteiger partial charge in [0.05, 0.1) is 24.8 Å². The van der Waals surface area contributed by atoms with E-state index in [9.17, 15) is 0 Å². The first-order valence-corrected chi connectivity index (χ1v) is 17.8. The first-order chi connectivity index (χ1) is 21.6. The van der Waals surface area contributed by atoms with Gasteiger partial charge in [-0.2, -0.15) is 0 Å². The Bertz CT molecular complexity index is 1900. The topological polar surface area (TPSA) is 44.8 Å². The molecule has 0 radical (unpaired) electrons. The van der Waals surface area contributed by atoms with Gasteiger partial charge in [0.1, 0.15) is 34.7 Å². The highest BCUT2D eigenvalue weighted by molar-refractivity contribution is 8.01. The van der Waals surface area contributed by atoms with Crippen molar-refractivity contribution in [1.29, 1.82) is 0 Å². The van der Waals surface area contributed by atoms with Gasteiger partial charge >= 0.3 is 7.37 Å². The van der Waals surface area contributed by atoms with E-state index in [0.717, 1.165) is 16.4 Å². The van der Waals surface area contributed by atoms with Crippen LogP contribution >= 0.6 is 14.6 Å². The van der Waals surface area contributed by atoms with Crippen LogP contribution in [-0.2, 0) is 4.57 Å². The SMILES string of the molecule is COc1cc([P+](c2ccccc2)(c2ccccc2)c2ccccc2)c(OC)cc1P1(=O)Oc2ccccc2-c2ccccc21. The van der Waals surface area contributed by atoms with Gasteiger partial charge in [0.15, 0.2) is 11.1 Å². The zero-order valence-corrected chi connectivity index (χ0v) is 26.3. The molecule has 216 valence electrons. The normalized spacial score (nSPS) is 15.4. The summed E-state index contributed by atoms with van der Waals surface area (Å²) in [5, 5.41) is 5.60. The molecule has 4 nitrogen and oxygen atoms in total. The second-order valence-corrected chi connectivity index (χ2v) is 16.2. The number of para-hydroxylation sites is 1. The Morgan fingerprint density at radius 2 is 1.00 bits per heavy atom. The molecule has 6 aromatic carbocycles. The van der Waals surface area contributed by atoms with Crippen LogP contribution in [0.2, 0.25) is 0 Å². The summed E-state index contributed by atoms with van der Waals surface area (Å²) in [6, 6.07) is 51.1. The van der Waals surface area contributed by atoms with Crippen LogP contribution < -0.4 is 45.8 Å². The number of rotatable bonds is 7. The molecular formula is C38H31O4P2+. The minimum absolute atomic E-state index is 0.467. The Labute approximate surface area is 258 Å². The van der Waals surface area contributed by atoms with Crippen LogP contribution in [0.25, 0.3) is 11.1 Å². The van der Waals surface area contributed by atoms with Crippen molar-refractivity contribution >= 4 is 46.5 Å². The smallest absolute Gasteiger partial charge is 0.311 e. The lowest BCUT2D eigenvalue weighted by Gasteiger charge is -2.32. The predicted octanol–water partition coefficient (Wildman–Crippen LogP) is 6.61. The number of benzene rings is 6. The third kappa shape index (κ3) is 4.37. The quantitative estimate of drug-likeness (QED) is 0.190. The van der Waals surface area contributed by atoms with Gasteiger partial charge in [-0.05, 0) is 54.1 Å². The molecule has 0 spiro atoms. The second-order valence-electron chi connectivity index (χ2n) is 10.5. The molecule has 1 heterocycles. The molecule has 44 heavy (non-hydrogen) atoms. The summed E-state index contributed by atoms with van der Waals surface area (Å²) in [7, 11) is -2.90. The molecule has 6 heteroatoms. The maximum Gasteiger partial charge on any atom is 0.311 e. The van der Waals surface area contributed by atoms with Crippen molar-refractivity contribution in [2.75, 3.05) is 14.2 Å². The summed E-state index contributed by atoms with van der Waals surface area (Å²) in [6.45, 7) is 0. The van der Waals surface area contributed by atoms with Gasteiger partial charge in [-0.25, -0.2) is 0 Å². The lowest BCUT2D eigenvalue weighted by atomic mass is 10.0. The second kappa shape index (κ2) is 11.5. The lowest BCUT2D eigenvalue weighted by Crippen LogP contribution is -2.40. The van der Waals surface area contributed by atoms with E-state index >= 15 is 4.57 Å². The Balaban J connectivity index is 1.55. The van der Waals surface area contributed by atoms with E-state index in [0.29, 0.717) is 27.9 Å². The molecule has 0 aromatic heterocycles. The summed E-state index contributed by atoms with van der Waals surface area (Å²) < 4.78 is 34.1. The van der Waals surface area contributed by atoms with Crippen molar-refractivity contribution in [3.05, 3.63) is 152 Å². The van der Waals surface area contributed by atoms with Crippen molar-refractivity contribution in [2.45, 2.75) is 0 Å². The van der Waals surface area contributed by atoms with Crippen molar-refractivity contribution < 1.29 is 18.6 Å². The van der Waals surface area contributed by atoms with Gasteiger partial charge in [0.25, 0.3) is 0 Å². The van der Waals surface area contributed by atoms with Gasteiger partial charge in [-0.1, -0.05) is 91.0 Å². The minimum Gasteiger partial charge on any atom is -0.496 e.